The predicted molar refractivity (Wildman–Crippen MR) is 244 cm³/mol. The molecule has 0 saturated carbocycles. The Hall–Kier alpha value is -8.02. The van der Waals surface area contributed by atoms with Gasteiger partial charge in [0.1, 0.15) is 11.2 Å². The van der Waals surface area contributed by atoms with Crippen molar-refractivity contribution in [1.29, 1.82) is 0 Å². The first-order valence-corrected chi connectivity index (χ1v) is 20.0. The average Bonchev–Trinajstić information content (AvgIpc) is 3.95. The maximum absolute atomic E-state index is 6.55. The topological polar surface area (TPSA) is 48.8 Å². The van der Waals surface area contributed by atoms with E-state index in [-0.39, 0.29) is 0 Å². The highest BCUT2D eigenvalue weighted by atomic mass is 16.3. The summed E-state index contributed by atoms with van der Waals surface area (Å²) in [5, 5.41) is 10.4. The van der Waals surface area contributed by atoms with Crippen LogP contribution in [0.15, 0.2) is 199 Å². The van der Waals surface area contributed by atoms with Crippen LogP contribution in [0.2, 0.25) is 0 Å². The van der Waals surface area contributed by atoms with Crippen molar-refractivity contribution in [2.75, 3.05) is 0 Å². The molecule has 0 fully saturated rings. The monoisotopic (exact) mass is 752 g/mol. The molecule has 0 saturated heterocycles. The Kier molecular flexibility index (Phi) is 6.66. The molecular formula is C54H32N4O. The van der Waals surface area contributed by atoms with Crippen molar-refractivity contribution in [2.45, 2.75) is 0 Å². The molecule has 274 valence electrons. The third-order valence-electron chi connectivity index (χ3n) is 12.1. The third-order valence-corrected chi connectivity index (χ3v) is 12.1. The fraction of sp³-hybridized carbons (Fsp3) is 0. The van der Waals surface area contributed by atoms with Crippen LogP contribution in [-0.4, -0.2) is 19.1 Å². The highest BCUT2D eigenvalue weighted by Crippen LogP contribution is 2.44. The molecule has 5 heteroatoms. The first-order valence-electron chi connectivity index (χ1n) is 20.0. The number of fused-ring (bicyclic) bond motifs is 12. The quantitative estimate of drug-likeness (QED) is 0.180. The van der Waals surface area contributed by atoms with Crippen LogP contribution in [0.25, 0.3) is 121 Å². The molecule has 5 nitrogen and oxygen atoms in total. The molecule has 0 aliphatic carbocycles. The Labute approximate surface area is 337 Å². The molecule has 4 aromatic heterocycles. The Balaban J connectivity index is 1.12. The number of rotatable bonds is 4. The van der Waals surface area contributed by atoms with Crippen LogP contribution < -0.4 is 0 Å². The van der Waals surface area contributed by atoms with Crippen LogP contribution >= 0.6 is 0 Å². The van der Waals surface area contributed by atoms with Gasteiger partial charge in [-0.1, -0.05) is 133 Å². The fourth-order valence-electron chi connectivity index (χ4n) is 9.47. The second-order valence-electron chi connectivity index (χ2n) is 15.3. The zero-order chi connectivity index (χ0) is 38.6. The molecule has 59 heavy (non-hydrogen) atoms. The maximum Gasteiger partial charge on any atom is 0.160 e. The largest absolute Gasteiger partial charge is 0.456 e. The lowest BCUT2D eigenvalue weighted by Crippen LogP contribution is -2.00. The summed E-state index contributed by atoms with van der Waals surface area (Å²) in [7, 11) is 0. The molecule has 13 aromatic rings. The van der Waals surface area contributed by atoms with Gasteiger partial charge in [-0.25, -0.2) is 9.97 Å². The highest BCUT2D eigenvalue weighted by molar-refractivity contribution is 6.26. The van der Waals surface area contributed by atoms with Crippen LogP contribution in [-0.2, 0) is 0 Å². The molecule has 9 aromatic carbocycles. The number of nitrogens with zero attached hydrogens (tertiary/aromatic N) is 4. The van der Waals surface area contributed by atoms with Crippen molar-refractivity contribution in [2.24, 2.45) is 0 Å². The molecule has 0 atom stereocenters. The van der Waals surface area contributed by atoms with Crippen molar-refractivity contribution in [3.05, 3.63) is 194 Å². The van der Waals surface area contributed by atoms with Gasteiger partial charge in [-0.2, -0.15) is 0 Å². The summed E-state index contributed by atoms with van der Waals surface area (Å²) in [6, 6.07) is 69.0. The Morgan fingerprint density at radius 3 is 1.92 bits per heavy atom. The fourth-order valence-corrected chi connectivity index (χ4v) is 9.47. The predicted octanol–water partition coefficient (Wildman–Crippen LogP) is 14.2. The summed E-state index contributed by atoms with van der Waals surface area (Å²) < 4.78 is 11.5. The van der Waals surface area contributed by atoms with Crippen molar-refractivity contribution in [3.63, 3.8) is 0 Å². The molecule has 0 N–H and O–H groups in total. The zero-order valence-corrected chi connectivity index (χ0v) is 31.7. The Morgan fingerprint density at radius 2 is 1.05 bits per heavy atom. The standard InChI is InChI=1S/C54H32N4O/c1-2-14-34(15-3-1)51-42-20-6-9-21-45(42)55-54(56-51)35-25-27-36(28-26-35)57-48-32-50-44(39-19-8-11-24-49(39)59-50)31-43(48)41-30-29-40-38-18-7-10-22-47(38)58(53(40)52(41)57)46-23-12-16-33-13-4-5-17-37(33)46/h1-32H. The number of benzene rings is 9. The number of aromatic nitrogens is 4. The van der Waals surface area contributed by atoms with Crippen molar-refractivity contribution in [1.82, 2.24) is 19.1 Å². The van der Waals surface area contributed by atoms with E-state index in [4.69, 9.17) is 14.4 Å². The molecule has 0 spiro atoms. The minimum atomic E-state index is 0.693. The smallest absolute Gasteiger partial charge is 0.160 e. The molecule has 4 heterocycles. The Morgan fingerprint density at radius 1 is 0.373 bits per heavy atom. The van der Waals surface area contributed by atoms with Gasteiger partial charge in [0.15, 0.2) is 5.82 Å². The van der Waals surface area contributed by atoms with Crippen LogP contribution in [0.5, 0.6) is 0 Å². The van der Waals surface area contributed by atoms with Crippen LogP contribution in [0.4, 0.5) is 0 Å². The van der Waals surface area contributed by atoms with E-state index in [1.807, 2.05) is 24.3 Å². The lowest BCUT2D eigenvalue weighted by molar-refractivity contribution is 0.669. The molecule has 0 bridgehead atoms. The van der Waals surface area contributed by atoms with Gasteiger partial charge >= 0.3 is 0 Å². The maximum atomic E-state index is 6.55. The minimum Gasteiger partial charge on any atom is -0.456 e. The third kappa shape index (κ3) is 4.67. The van der Waals surface area contributed by atoms with Crippen molar-refractivity contribution < 1.29 is 4.42 Å². The van der Waals surface area contributed by atoms with Crippen LogP contribution in [0.1, 0.15) is 0 Å². The van der Waals surface area contributed by atoms with E-state index < -0.39 is 0 Å². The second kappa shape index (κ2) is 12.2. The molecule has 0 amide bonds. The SMILES string of the molecule is c1ccc(-c2nc(-c3ccc(-n4c5cc6oc7ccccc7c6cc5c5ccc6c7ccccc7n(-c7cccc8ccccc78)c6c54)cc3)nc3ccccc23)cc1. The second-order valence-corrected chi connectivity index (χ2v) is 15.3. The minimum absolute atomic E-state index is 0.693. The van der Waals surface area contributed by atoms with Crippen molar-refractivity contribution in [3.8, 4) is 34.0 Å². The highest BCUT2D eigenvalue weighted by Gasteiger charge is 2.23. The molecule has 0 radical (unpaired) electrons. The molecular weight excluding hydrogens is 721 g/mol. The molecule has 0 aliphatic heterocycles. The van der Waals surface area contributed by atoms with Gasteiger partial charge in [-0.05, 0) is 60.0 Å². The summed E-state index contributed by atoms with van der Waals surface area (Å²) in [6.45, 7) is 0. The van der Waals surface area contributed by atoms with Gasteiger partial charge < -0.3 is 13.6 Å². The van der Waals surface area contributed by atoms with E-state index in [1.54, 1.807) is 0 Å². The molecule has 0 unspecified atom stereocenters. The van der Waals surface area contributed by atoms with Gasteiger partial charge in [-0.3, -0.25) is 0 Å². The van der Waals surface area contributed by atoms with E-state index in [2.05, 4.69) is 179 Å². The van der Waals surface area contributed by atoms with E-state index in [0.29, 0.717) is 5.82 Å². The van der Waals surface area contributed by atoms with E-state index in [1.165, 1.54) is 37.8 Å². The van der Waals surface area contributed by atoms with Gasteiger partial charge in [0.25, 0.3) is 0 Å². The normalized spacial score (nSPS) is 12.1. The first kappa shape index (κ1) is 32.1. The van der Waals surface area contributed by atoms with Crippen molar-refractivity contribution >= 4 is 87.2 Å². The average molecular weight is 753 g/mol. The lowest BCUT2D eigenvalue weighted by Gasteiger charge is -2.15. The summed E-state index contributed by atoms with van der Waals surface area (Å²) >= 11 is 0. The van der Waals surface area contributed by atoms with E-state index >= 15 is 0 Å². The summed E-state index contributed by atoms with van der Waals surface area (Å²) in [6.07, 6.45) is 0. The summed E-state index contributed by atoms with van der Waals surface area (Å²) in [5.74, 6) is 0.693. The summed E-state index contributed by atoms with van der Waals surface area (Å²) in [4.78, 5) is 10.3. The molecule has 13 rings (SSSR count). The van der Waals surface area contributed by atoms with Gasteiger partial charge in [-0.15, -0.1) is 0 Å². The van der Waals surface area contributed by atoms with Gasteiger partial charge in [0.05, 0.1) is 39.0 Å². The van der Waals surface area contributed by atoms with E-state index in [0.717, 1.165) is 77.6 Å². The Bertz CT molecular complexity index is 3830. The van der Waals surface area contributed by atoms with E-state index in [9.17, 15) is 0 Å². The lowest BCUT2D eigenvalue weighted by atomic mass is 10.1. The number of hydrogen-bond donors (Lipinski definition) is 0. The van der Waals surface area contributed by atoms with Gasteiger partial charge in [0.2, 0.25) is 0 Å². The van der Waals surface area contributed by atoms with Gasteiger partial charge in [0, 0.05) is 66.0 Å². The zero-order valence-electron chi connectivity index (χ0n) is 31.7. The molecule has 0 aliphatic rings. The number of para-hydroxylation sites is 3. The number of furan rings is 1. The summed E-state index contributed by atoms with van der Waals surface area (Å²) in [5.41, 5.74) is 12.3. The van der Waals surface area contributed by atoms with Crippen LogP contribution in [0, 0.1) is 0 Å². The first-order chi connectivity index (χ1) is 29.3. The number of hydrogen-bond acceptors (Lipinski definition) is 3. The van der Waals surface area contributed by atoms with Crippen LogP contribution in [0.3, 0.4) is 0 Å².